The van der Waals surface area contributed by atoms with Crippen molar-refractivity contribution in [1.82, 2.24) is 4.90 Å². The lowest BCUT2D eigenvalue weighted by Crippen LogP contribution is -2.35. The van der Waals surface area contributed by atoms with Crippen molar-refractivity contribution < 1.29 is 19.0 Å². The Bertz CT molecular complexity index is 467. The Morgan fingerprint density at radius 1 is 1.20 bits per heavy atom. The molecule has 5 heteroatoms. The number of rotatable bonds is 4. The molecular formula is C15H21NO4. The smallest absolute Gasteiger partial charge is 0.337 e. The number of carbonyl (C=O) groups is 1. The third-order valence-corrected chi connectivity index (χ3v) is 3.54. The van der Waals surface area contributed by atoms with Crippen LogP contribution in [0.15, 0.2) is 18.2 Å². The third kappa shape index (κ3) is 3.42. The van der Waals surface area contributed by atoms with E-state index in [1.165, 1.54) is 7.11 Å². The van der Waals surface area contributed by atoms with E-state index in [2.05, 4.69) is 11.9 Å². The van der Waals surface area contributed by atoms with Crippen molar-refractivity contribution in [3.63, 3.8) is 0 Å². The normalized spacial score (nSPS) is 16.8. The van der Waals surface area contributed by atoms with Crippen LogP contribution in [0.1, 0.15) is 23.2 Å². The molecule has 0 bridgehead atoms. The van der Waals surface area contributed by atoms with Crippen LogP contribution in [0.4, 0.5) is 0 Å². The number of nitrogens with zero attached hydrogens (tertiary/aromatic N) is 1. The Hall–Kier alpha value is -1.75. The van der Waals surface area contributed by atoms with Crippen molar-refractivity contribution in [3.05, 3.63) is 23.8 Å². The largest absolute Gasteiger partial charge is 0.493 e. The fourth-order valence-electron chi connectivity index (χ4n) is 2.29. The van der Waals surface area contributed by atoms with E-state index >= 15 is 0 Å². The van der Waals surface area contributed by atoms with Crippen LogP contribution in [0.3, 0.4) is 0 Å². The quantitative estimate of drug-likeness (QED) is 0.788. The van der Waals surface area contributed by atoms with Crippen LogP contribution in [-0.4, -0.2) is 51.3 Å². The molecule has 0 N–H and O–H groups in total. The molecule has 20 heavy (non-hydrogen) atoms. The maximum atomic E-state index is 11.5. The molecule has 1 fully saturated rings. The van der Waals surface area contributed by atoms with E-state index in [-0.39, 0.29) is 12.1 Å². The lowest BCUT2D eigenvalue weighted by molar-refractivity contribution is 0.0600. The number of esters is 1. The van der Waals surface area contributed by atoms with E-state index in [0.717, 1.165) is 25.9 Å². The van der Waals surface area contributed by atoms with Gasteiger partial charge in [0.05, 0.1) is 19.8 Å². The molecule has 0 aliphatic carbocycles. The number of hydrogen-bond acceptors (Lipinski definition) is 5. The van der Waals surface area contributed by atoms with Gasteiger partial charge in [-0.2, -0.15) is 0 Å². The molecule has 0 unspecified atom stereocenters. The first-order valence-corrected chi connectivity index (χ1v) is 6.75. The second-order valence-corrected chi connectivity index (χ2v) is 4.98. The molecule has 0 spiro atoms. The molecule has 110 valence electrons. The van der Waals surface area contributed by atoms with Gasteiger partial charge < -0.3 is 19.1 Å². The number of hydrogen-bond donors (Lipinski definition) is 0. The minimum absolute atomic E-state index is 0.198. The summed E-state index contributed by atoms with van der Waals surface area (Å²) in [7, 11) is 5.04. The van der Waals surface area contributed by atoms with E-state index in [4.69, 9.17) is 14.2 Å². The first kappa shape index (κ1) is 14.7. The monoisotopic (exact) mass is 279 g/mol. The molecule has 1 heterocycles. The van der Waals surface area contributed by atoms with Crippen molar-refractivity contribution >= 4 is 5.97 Å². The standard InChI is InChI=1S/C15H21NO4/c1-16-8-6-12(7-9-16)20-13-5-4-11(15(17)19-3)10-14(13)18-2/h4-5,10,12H,6-9H2,1-3H3. The van der Waals surface area contributed by atoms with E-state index in [0.29, 0.717) is 17.1 Å². The first-order valence-electron chi connectivity index (χ1n) is 6.75. The van der Waals surface area contributed by atoms with Crippen molar-refractivity contribution in [2.75, 3.05) is 34.4 Å². The van der Waals surface area contributed by atoms with Gasteiger partial charge in [-0.05, 0) is 38.1 Å². The highest BCUT2D eigenvalue weighted by Crippen LogP contribution is 2.30. The maximum Gasteiger partial charge on any atom is 0.337 e. The maximum absolute atomic E-state index is 11.5. The number of carbonyl (C=O) groups excluding carboxylic acids is 1. The van der Waals surface area contributed by atoms with Crippen LogP contribution >= 0.6 is 0 Å². The van der Waals surface area contributed by atoms with Gasteiger partial charge in [-0.3, -0.25) is 0 Å². The topological polar surface area (TPSA) is 48.0 Å². The number of likely N-dealkylation sites (tertiary alicyclic amines) is 1. The molecule has 0 radical (unpaired) electrons. The van der Waals surface area contributed by atoms with Crippen LogP contribution < -0.4 is 9.47 Å². The Labute approximate surface area is 119 Å². The van der Waals surface area contributed by atoms with E-state index < -0.39 is 0 Å². The van der Waals surface area contributed by atoms with Gasteiger partial charge in [0.2, 0.25) is 0 Å². The van der Waals surface area contributed by atoms with Gasteiger partial charge in [0.15, 0.2) is 11.5 Å². The molecule has 1 aromatic rings. The van der Waals surface area contributed by atoms with Crippen molar-refractivity contribution in [3.8, 4) is 11.5 Å². The molecule has 2 rings (SSSR count). The summed E-state index contributed by atoms with van der Waals surface area (Å²) in [6.45, 7) is 2.07. The molecule has 0 saturated carbocycles. The second-order valence-electron chi connectivity index (χ2n) is 4.98. The van der Waals surface area contributed by atoms with Gasteiger partial charge in [-0.1, -0.05) is 0 Å². The fourth-order valence-corrected chi connectivity index (χ4v) is 2.29. The van der Waals surface area contributed by atoms with Gasteiger partial charge in [0, 0.05) is 13.1 Å². The number of piperidine rings is 1. The molecule has 1 aliphatic heterocycles. The SMILES string of the molecule is COC(=O)c1ccc(OC2CCN(C)CC2)c(OC)c1. The van der Waals surface area contributed by atoms with Gasteiger partial charge in [-0.15, -0.1) is 0 Å². The number of ether oxygens (including phenoxy) is 3. The van der Waals surface area contributed by atoms with Crippen LogP contribution in [0, 0.1) is 0 Å². The molecule has 1 aromatic carbocycles. The van der Waals surface area contributed by atoms with Gasteiger partial charge >= 0.3 is 5.97 Å². The first-order chi connectivity index (χ1) is 9.63. The molecule has 0 amide bonds. The van der Waals surface area contributed by atoms with E-state index in [1.54, 1.807) is 25.3 Å². The predicted octanol–water partition coefficient (Wildman–Crippen LogP) is 1.95. The Morgan fingerprint density at radius 2 is 1.90 bits per heavy atom. The van der Waals surface area contributed by atoms with E-state index in [1.807, 2.05) is 0 Å². The minimum Gasteiger partial charge on any atom is -0.493 e. The Kier molecular flexibility index (Phi) is 4.84. The summed E-state index contributed by atoms with van der Waals surface area (Å²) in [4.78, 5) is 13.8. The van der Waals surface area contributed by atoms with Gasteiger partial charge in [-0.25, -0.2) is 4.79 Å². The molecule has 0 atom stereocenters. The average Bonchev–Trinajstić information content (AvgIpc) is 2.49. The highest BCUT2D eigenvalue weighted by molar-refractivity contribution is 5.90. The second kappa shape index (κ2) is 6.61. The summed E-state index contributed by atoms with van der Waals surface area (Å²) < 4.78 is 16.0. The zero-order valence-electron chi connectivity index (χ0n) is 12.2. The zero-order valence-corrected chi connectivity index (χ0v) is 12.2. The lowest BCUT2D eigenvalue weighted by Gasteiger charge is -2.29. The van der Waals surface area contributed by atoms with Gasteiger partial charge in [0.1, 0.15) is 6.10 Å². The number of benzene rings is 1. The fraction of sp³-hybridized carbons (Fsp3) is 0.533. The van der Waals surface area contributed by atoms with Crippen molar-refractivity contribution in [1.29, 1.82) is 0 Å². The molecule has 0 aromatic heterocycles. The summed E-state index contributed by atoms with van der Waals surface area (Å²) >= 11 is 0. The zero-order chi connectivity index (χ0) is 14.5. The van der Waals surface area contributed by atoms with Crippen LogP contribution in [0.2, 0.25) is 0 Å². The number of methoxy groups -OCH3 is 2. The molecule has 1 aliphatic rings. The van der Waals surface area contributed by atoms with Crippen molar-refractivity contribution in [2.24, 2.45) is 0 Å². The summed E-state index contributed by atoms with van der Waals surface area (Å²) in [5.41, 5.74) is 0.458. The Balaban J connectivity index is 2.09. The van der Waals surface area contributed by atoms with Crippen LogP contribution in [0.5, 0.6) is 11.5 Å². The summed E-state index contributed by atoms with van der Waals surface area (Å²) in [5.74, 6) is 0.857. The highest BCUT2D eigenvalue weighted by atomic mass is 16.5. The summed E-state index contributed by atoms with van der Waals surface area (Å²) in [6, 6.07) is 5.11. The van der Waals surface area contributed by atoms with Crippen LogP contribution in [-0.2, 0) is 4.74 Å². The molecule has 5 nitrogen and oxygen atoms in total. The minimum atomic E-state index is -0.380. The Morgan fingerprint density at radius 3 is 2.50 bits per heavy atom. The van der Waals surface area contributed by atoms with E-state index in [9.17, 15) is 4.79 Å². The van der Waals surface area contributed by atoms with Crippen molar-refractivity contribution in [2.45, 2.75) is 18.9 Å². The molecular weight excluding hydrogens is 258 g/mol. The summed E-state index contributed by atoms with van der Waals surface area (Å²) in [5, 5.41) is 0. The molecule has 1 saturated heterocycles. The van der Waals surface area contributed by atoms with Gasteiger partial charge in [0.25, 0.3) is 0 Å². The predicted molar refractivity (Wildman–Crippen MR) is 75.5 cm³/mol. The third-order valence-electron chi connectivity index (χ3n) is 3.54. The highest BCUT2D eigenvalue weighted by Gasteiger charge is 2.20. The van der Waals surface area contributed by atoms with Crippen LogP contribution in [0.25, 0.3) is 0 Å². The average molecular weight is 279 g/mol. The lowest BCUT2D eigenvalue weighted by atomic mass is 10.1. The summed E-state index contributed by atoms with van der Waals surface area (Å²) in [6.07, 6.45) is 2.20.